The highest BCUT2D eigenvalue weighted by Gasteiger charge is 2.46. The molecule has 0 radical (unpaired) electrons. The van der Waals surface area contributed by atoms with Crippen LogP contribution < -0.4 is 4.90 Å². The van der Waals surface area contributed by atoms with E-state index in [0.29, 0.717) is 0 Å². The van der Waals surface area contributed by atoms with E-state index in [9.17, 15) is 0 Å². The van der Waals surface area contributed by atoms with E-state index < -0.39 is 5.41 Å². The van der Waals surface area contributed by atoms with Crippen LogP contribution in [0, 0.1) is 0 Å². The van der Waals surface area contributed by atoms with Gasteiger partial charge in [0, 0.05) is 38.4 Å². The Kier molecular flexibility index (Phi) is 7.90. The fourth-order valence-corrected chi connectivity index (χ4v) is 11.5. The lowest BCUT2D eigenvalue weighted by Gasteiger charge is -2.35. The molecular weight excluding hydrogens is 775 g/mol. The molecule has 0 atom stereocenters. The largest absolute Gasteiger partial charge is 0.455 e. The number of rotatable bonds is 6. The minimum absolute atomic E-state index is 0.167. The summed E-state index contributed by atoms with van der Waals surface area (Å²) in [5.41, 5.74) is 19.6. The maximum absolute atomic E-state index is 6.63. The van der Waals surface area contributed by atoms with Crippen LogP contribution in [0.4, 0.5) is 17.1 Å². The van der Waals surface area contributed by atoms with Crippen LogP contribution in [0.25, 0.3) is 66.1 Å². The summed E-state index contributed by atoms with van der Waals surface area (Å²) < 4.78 is 6.63. The third kappa shape index (κ3) is 5.08. The maximum Gasteiger partial charge on any atom is 0.143 e. The van der Waals surface area contributed by atoms with Crippen molar-refractivity contribution < 1.29 is 4.42 Å². The third-order valence-electron chi connectivity index (χ3n) is 14.3. The Bertz CT molecular complexity index is 3610. The fraction of sp³-hybridized carbons (Fsp3) is 0.0645. The molecule has 2 heteroatoms. The van der Waals surface area contributed by atoms with E-state index in [1.54, 1.807) is 0 Å². The number of hydrogen-bond acceptors (Lipinski definition) is 2. The molecule has 13 rings (SSSR count). The molecule has 2 aliphatic rings. The van der Waals surface area contributed by atoms with E-state index >= 15 is 0 Å². The summed E-state index contributed by atoms with van der Waals surface area (Å²) >= 11 is 0. The molecule has 0 spiro atoms. The van der Waals surface area contributed by atoms with Crippen LogP contribution in [-0.4, -0.2) is 0 Å². The van der Waals surface area contributed by atoms with E-state index in [4.69, 9.17) is 4.42 Å². The monoisotopic (exact) mass is 817 g/mol. The molecule has 0 amide bonds. The summed E-state index contributed by atoms with van der Waals surface area (Å²) in [6.07, 6.45) is 0. The minimum Gasteiger partial charge on any atom is -0.455 e. The lowest BCUT2D eigenvalue weighted by Crippen LogP contribution is -2.28. The molecule has 1 aromatic heterocycles. The molecule has 0 bridgehead atoms. The van der Waals surface area contributed by atoms with E-state index in [2.05, 4.69) is 243 Å². The predicted octanol–water partition coefficient (Wildman–Crippen LogP) is 16.5. The summed E-state index contributed by atoms with van der Waals surface area (Å²) in [4.78, 5) is 2.54. The molecule has 0 saturated heterocycles. The quantitative estimate of drug-likeness (QED) is 0.166. The zero-order valence-corrected chi connectivity index (χ0v) is 35.7. The molecule has 0 saturated carbocycles. The van der Waals surface area contributed by atoms with Crippen molar-refractivity contribution in [2.75, 3.05) is 4.90 Å². The topological polar surface area (TPSA) is 16.4 Å². The highest BCUT2D eigenvalue weighted by molar-refractivity contribution is 6.16. The Hall–Kier alpha value is -7.94. The van der Waals surface area contributed by atoms with Gasteiger partial charge in [-0.3, -0.25) is 0 Å². The Morgan fingerprint density at radius 1 is 0.391 bits per heavy atom. The molecular formula is C62H43NO. The normalized spacial score (nSPS) is 14.0. The number of hydrogen-bond donors (Lipinski definition) is 0. The first kappa shape index (κ1) is 36.7. The first-order chi connectivity index (χ1) is 31.5. The predicted molar refractivity (Wildman–Crippen MR) is 266 cm³/mol. The van der Waals surface area contributed by atoms with Gasteiger partial charge in [0.25, 0.3) is 0 Å². The number of para-hydroxylation sites is 1. The maximum atomic E-state index is 6.63. The Balaban J connectivity index is 1.10. The van der Waals surface area contributed by atoms with Crippen LogP contribution >= 0.6 is 0 Å². The Morgan fingerprint density at radius 3 is 1.81 bits per heavy atom. The van der Waals surface area contributed by atoms with Gasteiger partial charge in [-0.05, 0) is 103 Å². The van der Waals surface area contributed by atoms with Crippen LogP contribution in [0.2, 0.25) is 0 Å². The van der Waals surface area contributed by atoms with Crippen molar-refractivity contribution in [3.8, 4) is 33.4 Å². The minimum atomic E-state index is -0.541. The molecule has 0 fully saturated rings. The smallest absolute Gasteiger partial charge is 0.143 e. The highest BCUT2D eigenvalue weighted by Crippen LogP contribution is 2.59. The van der Waals surface area contributed by atoms with Gasteiger partial charge in [0.05, 0.1) is 16.8 Å². The van der Waals surface area contributed by atoms with Gasteiger partial charge in [-0.1, -0.05) is 196 Å². The van der Waals surface area contributed by atoms with Gasteiger partial charge < -0.3 is 9.32 Å². The third-order valence-corrected chi connectivity index (χ3v) is 14.3. The van der Waals surface area contributed by atoms with Gasteiger partial charge in [0.15, 0.2) is 0 Å². The number of anilines is 3. The van der Waals surface area contributed by atoms with Gasteiger partial charge in [-0.25, -0.2) is 0 Å². The van der Waals surface area contributed by atoms with E-state index in [1.165, 1.54) is 61.0 Å². The van der Waals surface area contributed by atoms with Crippen LogP contribution in [-0.2, 0) is 10.8 Å². The van der Waals surface area contributed by atoms with Crippen molar-refractivity contribution >= 4 is 49.8 Å². The second kappa shape index (κ2) is 13.8. The van der Waals surface area contributed by atoms with Gasteiger partial charge in [0.2, 0.25) is 0 Å². The standard InChI is InChI=1S/C62H43NO/c1-61(2)52-27-14-12-26-50(52)59-54(61)29-17-31-57(59)63(56-30-16-13-23-45(56)41-33-37-58-51(38-41)49-35-32-40-18-9-10-24-46(40)60(49)64-58)44-34-36-48-47-25-11-15-28-53(47)62(55(48)39-44,42-19-5-3-6-20-42)43-21-7-4-8-22-43/h3-39H,1-2H3. The molecule has 2 nitrogen and oxygen atoms in total. The SMILES string of the molecule is CC1(C)c2ccccc2-c2c(N(c3ccc4c(c3)C(c3ccccc3)(c3ccccc3)c3ccccc3-4)c3ccccc3-c3ccc4oc5c6ccccc6ccc5c4c3)cccc21. The molecule has 11 aromatic rings. The summed E-state index contributed by atoms with van der Waals surface area (Å²) in [6.45, 7) is 4.74. The molecule has 64 heavy (non-hydrogen) atoms. The summed E-state index contributed by atoms with van der Waals surface area (Å²) in [5.74, 6) is 0. The van der Waals surface area contributed by atoms with Crippen molar-refractivity contribution in [2.45, 2.75) is 24.7 Å². The van der Waals surface area contributed by atoms with Crippen molar-refractivity contribution in [3.05, 3.63) is 258 Å². The highest BCUT2D eigenvalue weighted by atomic mass is 16.3. The van der Waals surface area contributed by atoms with Crippen LogP contribution in [0.3, 0.4) is 0 Å². The van der Waals surface area contributed by atoms with E-state index in [1.807, 2.05) is 0 Å². The second-order valence-corrected chi connectivity index (χ2v) is 18.0. The van der Waals surface area contributed by atoms with Crippen molar-refractivity contribution in [2.24, 2.45) is 0 Å². The first-order valence-corrected chi connectivity index (χ1v) is 22.3. The summed E-state index contributed by atoms with van der Waals surface area (Å²) in [7, 11) is 0. The summed E-state index contributed by atoms with van der Waals surface area (Å²) in [6, 6.07) is 82.9. The van der Waals surface area contributed by atoms with E-state index in [-0.39, 0.29) is 5.41 Å². The molecule has 0 aliphatic heterocycles. The first-order valence-electron chi connectivity index (χ1n) is 22.3. The molecule has 2 aliphatic carbocycles. The molecule has 1 heterocycles. The van der Waals surface area contributed by atoms with Crippen molar-refractivity contribution in [1.29, 1.82) is 0 Å². The van der Waals surface area contributed by atoms with Gasteiger partial charge in [-0.15, -0.1) is 0 Å². The fourth-order valence-electron chi connectivity index (χ4n) is 11.5. The van der Waals surface area contributed by atoms with Crippen LogP contribution in [0.1, 0.15) is 47.2 Å². The number of furan rings is 1. The zero-order valence-electron chi connectivity index (χ0n) is 35.7. The van der Waals surface area contributed by atoms with Crippen LogP contribution in [0.15, 0.2) is 229 Å². The molecule has 10 aromatic carbocycles. The number of nitrogens with zero attached hydrogens (tertiary/aromatic N) is 1. The lowest BCUT2D eigenvalue weighted by atomic mass is 9.67. The zero-order chi connectivity index (χ0) is 42.6. The molecule has 0 unspecified atom stereocenters. The molecule has 0 N–H and O–H groups in total. The number of fused-ring (bicyclic) bond motifs is 11. The lowest BCUT2D eigenvalue weighted by molar-refractivity contribution is 0.660. The molecule has 302 valence electrons. The summed E-state index contributed by atoms with van der Waals surface area (Å²) in [5, 5.41) is 4.55. The second-order valence-electron chi connectivity index (χ2n) is 18.0. The Morgan fingerprint density at radius 2 is 1.02 bits per heavy atom. The Labute approximate surface area is 373 Å². The van der Waals surface area contributed by atoms with Crippen molar-refractivity contribution in [3.63, 3.8) is 0 Å². The average Bonchev–Trinajstić information content (AvgIpc) is 3.96. The van der Waals surface area contributed by atoms with Gasteiger partial charge in [0.1, 0.15) is 11.2 Å². The van der Waals surface area contributed by atoms with Gasteiger partial charge in [-0.2, -0.15) is 0 Å². The van der Waals surface area contributed by atoms with Crippen molar-refractivity contribution in [1.82, 2.24) is 0 Å². The average molecular weight is 818 g/mol. The van der Waals surface area contributed by atoms with Gasteiger partial charge >= 0.3 is 0 Å². The van der Waals surface area contributed by atoms with Crippen LogP contribution in [0.5, 0.6) is 0 Å². The van der Waals surface area contributed by atoms with E-state index in [0.717, 1.165) is 55.5 Å². The number of benzene rings is 10.